The molecule has 18 heavy (non-hydrogen) atoms. The van der Waals surface area contributed by atoms with Gasteiger partial charge < -0.3 is 10.6 Å². The van der Waals surface area contributed by atoms with E-state index in [-0.39, 0.29) is 12.1 Å². The van der Waals surface area contributed by atoms with Gasteiger partial charge in [-0.1, -0.05) is 0 Å². The fourth-order valence-corrected chi connectivity index (χ4v) is 2.55. The summed E-state index contributed by atoms with van der Waals surface area (Å²) in [6.45, 7) is 5.46. The first kappa shape index (κ1) is 13.2. The van der Waals surface area contributed by atoms with Crippen molar-refractivity contribution in [1.29, 1.82) is 0 Å². The third kappa shape index (κ3) is 2.47. The summed E-state index contributed by atoms with van der Waals surface area (Å²) in [7, 11) is 3.90. The molecule has 0 spiro atoms. The molecule has 0 aliphatic carbocycles. The maximum absolute atomic E-state index is 6.25. The van der Waals surface area contributed by atoms with E-state index >= 15 is 0 Å². The lowest BCUT2D eigenvalue weighted by Gasteiger charge is -2.29. The number of hydrogen-bond donors (Lipinski definition) is 1. The van der Waals surface area contributed by atoms with Crippen LogP contribution in [0.25, 0.3) is 0 Å². The van der Waals surface area contributed by atoms with E-state index in [0.29, 0.717) is 6.04 Å². The van der Waals surface area contributed by atoms with Crippen molar-refractivity contribution in [3.63, 3.8) is 0 Å². The van der Waals surface area contributed by atoms with Crippen LogP contribution in [-0.4, -0.2) is 47.6 Å². The van der Waals surface area contributed by atoms with E-state index in [1.807, 2.05) is 31.3 Å². The maximum Gasteiger partial charge on any atom is 0.225 e. The molecule has 2 atom stereocenters. The standard InChI is InChI=1S/C13H23N5/c1-9(2)18-8-6-10(14)12(18)11-5-7-15-13(16-11)17(3)4/h5,7,9-10,12H,6,8,14H2,1-4H3. The Balaban J connectivity index is 2.31. The zero-order chi connectivity index (χ0) is 13.3. The molecule has 2 unspecified atom stereocenters. The summed E-state index contributed by atoms with van der Waals surface area (Å²) in [6.07, 6.45) is 2.85. The maximum atomic E-state index is 6.25. The van der Waals surface area contributed by atoms with Crippen LogP contribution in [0.2, 0.25) is 0 Å². The SMILES string of the molecule is CC(C)N1CCC(N)C1c1ccnc(N(C)C)n1. The molecule has 0 bridgehead atoms. The van der Waals surface area contributed by atoms with Gasteiger partial charge in [0.15, 0.2) is 0 Å². The number of hydrogen-bond acceptors (Lipinski definition) is 5. The average molecular weight is 249 g/mol. The third-order valence-electron chi connectivity index (χ3n) is 3.51. The van der Waals surface area contributed by atoms with Gasteiger partial charge in [0.1, 0.15) is 0 Å². The van der Waals surface area contributed by atoms with E-state index < -0.39 is 0 Å². The molecule has 2 heterocycles. The minimum absolute atomic E-state index is 0.164. The molecule has 1 aromatic rings. The highest BCUT2D eigenvalue weighted by Crippen LogP contribution is 2.31. The van der Waals surface area contributed by atoms with Crippen LogP contribution in [0.4, 0.5) is 5.95 Å². The summed E-state index contributed by atoms with van der Waals surface area (Å²) in [5.74, 6) is 0.746. The number of nitrogens with zero attached hydrogens (tertiary/aromatic N) is 4. The summed E-state index contributed by atoms with van der Waals surface area (Å²) >= 11 is 0. The fourth-order valence-electron chi connectivity index (χ4n) is 2.55. The van der Waals surface area contributed by atoms with Gasteiger partial charge in [0.2, 0.25) is 5.95 Å². The third-order valence-corrected chi connectivity index (χ3v) is 3.51. The van der Waals surface area contributed by atoms with Crippen LogP contribution in [0, 0.1) is 0 Å². The van der Waals surface area contributed by atoms with Crippen LogP contribution in [0.15, 0.2) is 12.3 Å². The predicted octanol–water partition coefficient (Wildman–Crippen LogP) is 1.03. The van der Waals surface area contributed by atoms with Crippen molar-refractivity contribution in [2.45, 2.75) is 38.4 Å². The molecule has 1 aromatic heterocycles. The quantitative estimate of drug-likeness (QED) is 0.867. The Labute approximate surface area is 109 Å². The van der Waals surface area contributed by atoms with Crippen molar-refractivity contribution >= 4 is 5.95 Å². The van der Waals surface area contributed by atoms with Gasteiger partial charge in [0, 0.05) is 38.9 Å². The molecular formula is C13H23N5. The largest absolute Gasteiger partial charge is 0.347 e. The summed E-state index contributed by atoms with van der Waals surface area (Å²) in [5, 5.41) is 0. The monoisotopic (exact) mass is 249 g/mol. The van der Waals surface area contributed by atoms with Gasteiger partial charge in [-0.3, -0.25) is 4.90 Å². The Hall–Kier alpha value is -1.20. The summed E-state index contributed by atoms with van der Waals surface area (Å²) in [6, 6.07) is 2.85. The van der Waals surface area contributed by atoms with Crippen LogP contribution in [0.3, 0.4) is 0 Å². The molecule has 0 aromatic carbocycles. The second kappa shape index (κ2) is 5.20. The summed E-state index contributed by atoms with van der Waals surface area (Å²) < 4.78 is 0. The average Bonchev–Trinajstić information content (AvgIpc) is 2.71. The van der Waals surface area contributed by atoms with E-state index in [1.54, 1.807) is 0 Å². The van der Waals surface area contributed by atoms with Gasteiger partial charge >= 0.3 is 0 Å². The molecule has 5 nitrogen and oxygen atoms in total. The van der Waals surface area contributed by atoms with Crippen LogP contribution in [0.1, 0.15) is 32.0 Å². The van der Waals surface area contributed by atoms with E-state index in [1.165, 1.54) is 0 Å². The Kier molecular flexibility index (Phi) is 3.82. The lowest BCUT2D eigenvalue weighted by atomic mass is 10.1. The molecule has 5 heteroatoms. The van der Waals surface area contributed by atoms with Crippen LogP contribution in [0.5, 0.6) is 0 Å². The highest BCUT2D eigenvalue weighted by molar-refractivity contribution is 5.29. The summed E-state index contributed by atoms with van der Waals surface area (Å²) in [4.78, 5) is 13.2. The van der Waals surface area contributed by atoms with Crippen molar-refractivity contribution in [3.8, 4) is 0 Å². The molecule has 1 aliphatic heterocycles. The molecule has 1 fully saturated rings. The fraction of sp³-hybridized carbons (Fsp3) is 0.692. The molecule has 2 N–H and O–H groups in total. The topological polar surface area (TPSA) is 58.3 Å². The van der Waals surface area contributed by atoms with Gasteiger partial charge in [-0.15, -0.1) is 0 Å². The van der Waals surface area contributed by atoms with Crippen molar-refractivity contribution in [2.24, 2.45) is 5.73 Å². The van der Waals surface area contributed by atoms with Crippen LogP contribution < -0.4 is 10.6 Å². The molecular weight excluding hydrogens is 226 g/mol. The molecule has 0 radical (unpaired) electrons. The molecule has 2 rings (SSSR count). The van der Waals surface area contributed by atoms with Gasteiger partial charge in [-0.2, -0.15) is 0 Å². The lowest BCUT2D eigenvalue weighted by Crippen LogP contribution is -2.36. The van der Waals surface area contributed by atoms with Crippen molar-refractivity contribution < 1.29 is 0 Å². The minimum Gasteiger partial charge on any atom is -0.347 e. The number of rotatable bonds is 3. The second-order valence-corrected chi connectivity index (χ2v) is 5.40. The Bertz CT molecular complexity index is 404. The van der Waals surface area contributed by atoms with Gasteiger partial charge in [0.05, 0.1) is 11.7 Å². The molecule has 100 valence electrons. The van der Waals surface area contributed by atoms with Gasteiger partial charge in [-0.25, -0.2) is 9.97 Å². The van der Waals surface area contributed by atoms with E-state index in [2.05, 4.69) is 28.7 Å². The molecule has 1 saturated heterocycles. The van der Waals surface area contributed by atoms with Crippen molar-refractivity contribution in [2.75, 3.05) is 25.5 Å². The zero-order valence-corrected chi connectivity index (χ0v) is 11.7. The first-order chi connectivity index (χ1) is 8.50. The highest BCUT2D eigenvalue weighted by atomic mass is 15.3. The Morgan fingerprint density at radius 1 is 1.44 bits per heavy atom. The van der Waals surface area contributed by atoms with Crippen molar-refractivity contribution in [3.05, 3.63) is 18.0 Å². The van der Waals surface area contributed by atoms with Crippen molar-refractivity contribution in [1.82, 2.24) is 14.9 Å². The Morgan fingerprint density at radius 3 is 2.78 bits per heavy atom. The normalized spacial score (nSPS) is 24.8. The number of likely N-dealkylation sites (tertiary alicyclic amines) is 1. The molecule has 0 amide bonds. The smallest absolute Gasteiger partial charge is 0.225 e. The summed E-state index contributed by atoms with van der Waals surface area (Å²) in [5.41, 5.74) is 7.28. The first-order valence-electron chi connectivity index (χ1n) is 6.52. The van der Waals surface area contributed by atoms with E-state index in [0.717, 1.165) is 24.6 Å². The zero-order valence-electron chi connectivity index (χ0n) is 11.7. The number of nitrogens with two attached hydrogens (primary N) is 1. The van der Waals surface area contributed by atoms with Gasteiger partial charge in [-0.05, 0) is 26.3 Å². The minimum atomic E-state index is 0.164. The molecule has 1 aliphatic rings. The lowest BCUT2D eigenvalue weighted by molar-refractivity contribution is 0.194. The molecule has 0 saturated carbocycles. The highest BCUT2D eigenvalue weighted by Gasteiger charge is 2.35. The number of aromatic nitrogens is 2. The number of anilines is 1. The first-order valence-corrected chi connectivity index (χ1v) is 6.52. The van der Waals surface area contributed by atoms with Crippen LogP contribution >= 0.6 is 0 Å². The van der Waals surface area contributed by atoms with Gasteiger partial charge in [0.25, 0.3) is 0 Å². The predicted molar refractivity (Wildman–Crippen MR) is 73.5 cm³/mol. The second-order valence-electron chi connectivity index (χ2n) is 5.40. The Morgan fingerprint density at radius 2 is 2.17 bits per heavy atom. The van der Waals surface area contributed by atoms with E-state index in [9.17, 15) is 0 Å². The van der Waals surface area contributed by atoms with Crippen LogP contribution in [-0.2, 0) is 0 Å². The van der Waals surface area contributed by atoms with E-state index in [4.69, 9.17) is 5.73 Å².